The van der Waals surface area contributed by atoms with Crippen molar-refractivity contribution in [2.75, 3.05) is 4.72 Å². The van der Waals surface area contributed by atoms with E-state index in [0.29, 0.717) is 0 Å². The molecule has 19 heavy (non-hydrogen) atoms. The molecule has 0 amide bonds. The van der Waals surface area contributed by atoms with Crippen LogP contribution in [0, 0.1) is 0 Å². The van der Waals surface area contributed by atoms with Crippen LogP contribution in [0.4, 0.5) is 5.69 Å². The summed E-state index contributed by atoms with van der Waals surface area (Å²) < 4.78 is 30.8. The summed E-state index contributed by atoms with van der Waals surface area (Å²) in [7, 11) is -4.01. The predicted octanol–water partition coefficient (Wildman–Crippen LogP) is 2.43. The van der Waals surface area contributed by atoms with Crippen molar-refractivity contribution in [2.24, 2.45) is 0 Å². The van der Waals surface area contributed by atoms with Crippen LogP contribution in [0.15, 0.2) is 45.9 Å². The van der Waals surface area contributed by atoms with E-state index in [0.717, 1.165) is 12.1 Å². The van der Waals surface area contributed by atoms with Crippen LogP contribution in [0.3, 0.4) is 0 Å². The molecule has 0 fully saturated rings. The fourth-order valence-corrected chi connectivity index (χ4v) is 2.57. The molecule has 6 nitrogen and oxygen atoms in total. The van der Waals surface area contributed by atoms with Gasteiger partial charge in [-0.2, -0.15) is 8.42 Å². The van der Waals surface area contributed by atoms with Gasteiger partial charge in [-0.1, -0.05) is 23.7 Å². The zero-order valence-electron chi connectivity index (χ0n) is 9.33. The maximum atomic E-state index is 11.9. The Balaban J connectivity index is 2.32. The molecular weight excluding hydrogens is 294 g/mol. The Labute approximate surface area is 113 Å². The summed E-state index contributed by atoms with van der Waals surface area (Å²) in [6.45, 7) is 0. The second-order valence-electron chi connectivity index (χ2n) is 3.51. The van der Waals surface area contributed by atoms with Gasteiger partial charge in [-0.15, -0.1) is 0 Å². The molecule has 1 aromatic carbocycles. The number of nitrogens with one attached hydrogen (secondary N) is 1. The summed E-state index contributed by atoms with van der Waals surface area (Å²) in [6, 6.07) is 8.36. The molecule has 0 atom stereocenters. The van der Waals surface area contributed by atoms with Crippen molar-refractivity contribution < 1.29 is 22.7 Å². The highest BCUT2D eigenvalue weighted by Gasteiger charge is 2.21. The van der Waals surface area contributed by atoms with Crippen LogP contribution >= 0.6 is 11.6 Å². The number of rotatable bonds is 4. The summed E-state index contributed by atoms with van der Waals surface area (Å²) >= 11 is 5.82. The van der Waals surface area contributed by atoms with Crippen LogP contribution < -0.4 is 4.72 Å². The molecule has 0 bridgehead atoms. The molecule has 0 aliphatic carbocycles. The maximum absolute atomic E-state index is 11.9. The van der Waals surface area contributed by atoms with Crippen molar-refractivity contribution in [1.29, 1.82) is 0 Å². The smallest absolute Gasteiger partial charge is 0.371 e. The Hall–Kier alpha value is -1.99. The molecule has 8 heteroatoms. The lowest BCUT2D eigenvalue weighted by Gasteiger charge is -2.06. The molecule has 0 saturated heterocycles. The van der Waals surface area contributed by atoms with E-state index >= 15 is 0 Å². The third-order valence-corrected chi connectivity index (χ3v) is 3.74. The topological polar surface area (TPSA) is 96.6 Å². The minimum atomic E-state index is -4.01. The van der Waals surface area contributed by atoms with Crippen LogP contribution in [0.25, 0.3) is 0 Å². The molecule has 0 saturated carbocycles. The lowest BCUT2D eigenvalue weighted by Crippen LogP contribution is -2.12. The normalized spacial score (nSPS) is 11.2. The number of benzene rings is 1. The average Bonchev–Trinajstić information content (AvgIpc) is 2.82. The van der Waals surface area contributed by atoms with Crippen molar-refractivity contribution in [3.05, 3.63) is 47.2 Å². The summed E-state index contributed by atoms with van der Waals surface area (Å²) in [5.41, 5.74) is 0.178. The number of carboxylic acid groups (broad SMARTS) is 1. The van der Waals surface area contributed by atoms with Gasteiger partial charge in [-0.05, 0) is 24.3 Å². The standard InChI is InChI=1S/C11H8ClNO5S/c12-7-3-1-2-4-8(7)13-19(16,17)10-6-5-9(18-10)11(14)15/h1-6,13H,(H,14,15). The molecule has 2 rings (SSSR count). The molecule has 0 unspecified atom stereocenters. The Morgan fingerprint density at radius 3 is 2.47 bits per heavy atom. The van der Waals surface area contributed by atoms with E-state index in [4.69, 9.17) is 21.1 Å². The Morgan fingerprint density at radius 2 is 1.89 bits per heavy atom. The highest BCUT2D eigenvalue weighted by molar-refractivity contribution is 7.92. The Kier molecular flexibility index (Phi) is 3.50. The van der Waals surface area contributed by atoms with Gasteiger partial charge in [-0.25, -0.2) is 4.79 Å². The summed E-state index contributed by atoms with van der Waals surface area (Å²) in [5.74, 6) is -1.81. The number of furan rings is 1. The number of carbonyl (C=O) groups is 1. The number of hydrogen-bond acceptors (Lipinski definition) is 4. The lowest BCUT2D eigenvalue weighted by atomic mass is 10.3. The van der Waals surface area contributed by atoms with Gasteiger partial charge in [-0.3, -0.25) is 4.72 Å². The van der Waals surface area contributed by atoms with Crippen molar-refractivity contribution in [1.82, 2.24) is 0 Å². The van der Waals surface area contributed by atoms with Crippen LogP contribution in [0.5, 0.6) is 0 Å². The Bertz CT molecular complexity index is 722. The molecule has 0 aliphatic rings. The monoisotopic (exact) mass is 301 g/mol. The molecular formula is C11H8ClNO5S. The fourth-order valence-electron chi connectivity index (χ4n) is 1.32. The summed E-state index contributed by atoms with van der Waals surface area (Å²) in [5, 5.41) is 8.39. The quantitative estimate of drug-likeness (QED) is 0.904. The van der Waals surface area contributed by atoms with E-state index < -0.39 is 26.8 Å². The first-order valence-electron chi connectivity index (χ1n) is 5.00. The third-order valence-electron chi connectivity index (χ3n) is 2.18. The number of halogens is 1. The van der Waals surface area contributed by atoms with E-state index in [2.05, 4.69) is 4.72 Å². The second-order valence-corrected chi connectivity index (χ2v) is 5.53. The molecule has 100 valence electrons. The van der Waals surface area contributed by atoms with Gasteiger partial charge in [0.05, 0.1) is 10.7 Å². The number of para-hydroxylation sites is 1. The van der Waals surface area contributed by atoms with Crippen molar-refractivity contribution in [3.8, 4) is 0 Å². The van der Waals surface area contributed by atoms with Crippen molar-refractivity contribution in [2.45, 2.75) is 5.09 Å². The van der Waals surface area contributed by atoms with Crippen LogP contribution in [-0.2, 0) is 10.0 Å². The highest BCUT2D eigenvalue weighted by atomic mass is 35.5. The number of anilines is 1. The van der Waals surface area contributed by atoms with Gasteiger partial charge in [0.25, 0.3) is 10.0 Å². The average molecular weight is 302 g/mol. The fraction of sp³-hybridized carbons (Fsp3) is 0. The van der Waals surface area contributed by atoms with Gasteiger partial charge in [0.1, 0.15) is 0 Å². The molecule has 2 aromatic rings. The van der Waals surface area contributed by atoms with E-state index in [1.807, 2.05) is 0 Å². The van der Waals surface area contributed by atoms with Gasteiger partial charge in [0.15, 0.2) is 0 Å². The van der Waals surface area contributed by atoms with Gasteiger partial charge in [0, 0.05) is 0 Å². The molecule has 0 radical (unpaired) electrons. The van der Waals surface area contributed by atoms with Gasteiger partial charge < -0.3 is 9.52 Å². The molecule has 2 N–H and O–H groups in total. The van der Waals surface area contributed by atoms with Crippen molar-refractivity contribution in [3.63, 3.8) is 0 Å². The second kappa shape index (κ2) is 4.94. The molecule has 1 heterocycles. The van der Waals surface area contributed by atoms with E-state index in [1.165, 1.54) is 12.1 Å². The largest absolute Gasteiger partial charge is 0.475 e. The van der Waals surface area contributed by atoms with E-state index in [9.17, 15) is 13.2 Å². The SMILES string of the molecule is O=C(O)c1ccc(S(=O)(=O)Nc2ccccc2Cl)o1. The van der Waals surface area contributed by atoms with Crippen molar-refractivity contribution >= 4 is 33.3 Å². The molecule has 0 spiro atoms. The highest BCUT2D eigenvalue weighted by Crippen LogP contribution is 2.24. The number of hydrogen-bond donors (Lipinski definition) is 2. The first-order chi connectivity index (χ1) is 8.90. The third kappa shape index (κ3) is 2.88. The van der Waals surface area contributed by atoms with Gasteiger partial charge >= 0.3 is 5.97 Å². The van der Waals surface area contributed by atoms with E-state index in [-0.39, 0.29) is 10.7 Å². The number of aromatic carboxylic acids is 1. The van der Waals surface area contributed by atoms with Crippen LogP contribution in [0.2, 0.25) is 5.02 Å². The van der Waals surface area contributed by atoms with Crippen LogP contribution in [0.1, 0.15) is 10.6 Å². The maximum Gasteiger partial charge on any atom is 0.371 e. The minimum Gasteiger partial charge on any atom is -0.475 e. The van der Waals surface area contributed by atoms with E-state index in [1.54, 1.807) is 12.1 Å². The first kappa shape index (κ1) is 13.4. The molecule has 1 aromatic heterocycles. The minimum absolute atomic E-state index is 0.178. The zero-order valence-corrected chi connectivity index (χ0v) is 10.9. The predicted molar refractivity (Wildman–Crippen MR) is 67.9 cm³/mol. The first-order valence-corrected chi connectivity index (χ1v) is 6.87. The summed E-state index contributed by atoms with van der Waals surface area (Å²) in [4.78, 5) is 10.6. The summed E-state index contributed by atoms with van der Waals surface area (Å²) in [6.07, 6.45) is 0. The lowest BCUT2D eigenvalue weighted by molar-refractivity contribution is 0.0656. The van der Waals surface area contributed by atoms with Crippen LogP contribution in [-0.4, -0.2) is 19.5 Å². The Morgan fingerprint density at radius 1 is 1.21 bits per heavy atom. The van der Waals surface area contributed by atoms with Gasteiger partial charge in [0.2, 0.25) is 10.9 Å². The zero-order chi connectivity index (χ0) is 14.0. The molecule has 0 aliphatic heterocycles. The number of sulfonamides is 1. The number of carboxylic acids is 1.